The minimum Gasteiger partial charge on any atom is -0.369 e. The number of primary amides is 1. The van der Waals surface area contributed by atoms with E-state index in [0.717, 1.165) is 0 Å². The van der Waals surface area contributed by atoms with Crippen molar-refractivity contribution in [2.75, 3.05) is 23.7 Å². The zero-order chi connectivity index (χ0) is 17.8. The van der Waals surface area contributed by atoms with Crippen molar-refractivity contribution in [1.29, 1.82) is 0 Å². The van der Waals surface area contributed by atoms with Crippen LogP contribution in [0.4, 0.5) is 17.3 Å². The molecule has 0 aliphatic heterocycles. The van der Waals surface area contributed by atoms with Crippen LogP contribution in [0, 0.1) is 0 Å². The van der Waals surface area contributed by atoms with Crippen LogP contribution in [-0.4, -0.2) is 33.9 Å². The van der Waals surface area contributed by atoms with Gasteiger partial charge in [-0.1, -0.05) is 0 Å². The number of anilines is 3. The number of carbonyl (C=O) groups excluding carboxylic acids is 1. The minimum absolute atomic E-state index is 0.306. The number of amides is 1. The van der Waals surface area contributed by atoms with Crippen LogP contribution in [0.3, 0.4) is 0 Å². The predicted octanol–water partition coefficient (Wildman–Crippen LogP) is 0.531. The van der Waals surface area contributed by atoms with Gasteiger partial charge in [0.1, 0.15) is 17.0 Å². The van der Waals surface area contributed by atoms with Gasteiger partial charge in [0.05, 0.1) is 11.8 Å². The second kappa shape index (κ2) is 6.97. The molecule has 0 saturated heterocycles. The number of nitrogens with zero attached hydrogens (tertiary/aromatic N) is 2. The predicted molar refractivity (Wildman–Crippen MR) is 95.9 cm³/mol. The Bertz CT molecular complexity index is 966. The zero-order valence-electron chi connectivity index (χ0n) is 13.2. The fourth-order valence-electron chi connectivity index (χ4n) is 2.33. The molecule has 2 aromatic heterocycles. The van der Waals surface area contributed by atoms with Crippen molar-refractivity contribution >= 4 is 34.1 Å². The zero-order valence-corrected chi connectivity index (χ0v) is 13.2. The van der Waals surface area contributed by atoms with E-state index in [1.54, 1.807) is 30.3 Å². The topological polar surface area (TPSA) is 152 Å². The van der Waals surface area contributed by atoms with Crippen LogP contribution in [-0.2, 0) is 0 Å². The van der Waals surface area contributed by atoms with Crippen molar-refractivity contribution in [2.24, 2.45) is 11.5 Å². The normalized spacial score (nSPS) is 10.6. The lowest BCUT2D eigenvalue weighted by atomic mass is 10.2. The summed E-state index contributed by atoms with van der Waals surface area (Å²) >= 11 is 0. The van der Waals surface area contributed by atoms with Gasteiger partial charge in [0.2, 0.25) is 5.91 Å². The van der Waals surface area contributed by atoms with Crippen molar-refractivity contribution in [3.8, 4) is 0 Å². The molecule has 0 bridgehead atoms. The van der Waals surface area contributed by atoms with Gasteiger partial charge in [0.25, 0.3) is 5.56 Å². The molecule has 0 fully saturated rings. The molecule has 9 nitrogen and oxygen atoms in total. The number of hydrogen-bond acceptors (Lipinski definition) is 7. The van der Waals surface area contributed by atoms with E-state index < -0.39 is 5.91 Å². The largest absolute Gasteiger partial charge is 0.369 e. The lowest BCUT2D eigenvalue weighted by molar-refractivity contribution is 0.100. The van der Waals surface area contributed by atoms with Crippen molar-refractivity contribution in [2.45, 2.75) is 0 Å². The number of H-pyrrole nitrogens is 1. The van der Waals surface area contributed by atoms with Gasteiger partial charge in [-0.15, -0.1) is 0 Å². The quantitative estimate of drug-likeness (QED) is 0.439. The van der Waals surface area contributed by atoms with Gasteiger partial charge in [-0.05, 0) is 24.3 Å². The number of rotatable bonds is 6. The Balaban J connectivity index is 2.03. The van der Waals surface area contributed by atoms with E-state index in [4.69, 9.17) is 11.5 Å². The summed E-state index contributed by atoms with van der Waals surface area (Å²) in [5.74, 6) is 0.384. The Morgan fingerprint density at radius 2 is 2.00 bits per heavy atom. The molecule has 7 N–H and O–H groups in total. The van der Waals surface area contributed by atoms with Crippen molar-refractivity contribution in [3.05, 3.63) is 52.6 Å². The smallest absolute Gasteiger partial charge is 0.262 e. The van der Waals surface area contributed by atoms with E-state index in [1.807, 2.05) is 0 Å². The third kappa shape index (κ3) is 3.56. The highest BCUT2D eigenvalue weighted by Crippen LogP contribution is 2.23. The summed E-state index contributed by atoms with van der Waals surface area (Å²) in [6.07, 6.45) is 1.34. The molecule has 0 aliphatic carbocycles. The first-order valence-electron chi connectivity index (χ1n) is 7.58. The third-order valence-electron chi connectivity index (χ3n) is 3.51. The minimum atomic E-state index is -0.510. The van der Waals surface area contributed by atoms with E-state index in [-0.39, 0.29) is 5.56 Å². The van der Waals surface area contributed by atoms with Crippen LogP contribution in [0.2, 0.25) is 0 Å². The molecule has 0 aliphatic rings. The monoisotopic (exact) mass is 339 g/mol. The molecule has 1 amide bonds. The molecule has 0 unspecified atom stereocenters. The lowest BCUT2D eigenvalue weighted by Crippen LogP contribution is -2.16. The van der Waals surface area contributed by atoms with Gasteiger partial charge >= 0.3 is 0 Å². The summed E-state index contributed by atoms with van der Waals surface area (Å²) in [7, 11) is 0. The molecule has 3 aromatic rings. The summed E-state index contributed by atoms with van der Waals surface area (Å²) in [6.45, 7) is 0.980. The van der Waals surface area contributed by atoms with Gasteiger partial charge < -0.3 is 27.1 Å². The Morgan fingerprint density at radius 3 is 2.68 bits per heavy atom. The Labute approximate surface area is 142 Å². The Hall–Kier alpha value is -3.46. The van der Waals surface area contributed by atoms with E-state index in [1.165, 1.54) is 6.33 Å². The summed E-state index contributed by atoms with van der Waals surface area (Å²) in [6, 6.07) is 8.22. The van der Waals surface area contributed by atoms with Crippen LogP contribution in [0.15, 0.2) is 41.5 Å². The van der Waals surface area contributed by atoms with Gasteiger partial charge in [-0.2, -0.15) is 0 Å². The maximum absolute atomic E-state index is 12.2. The number of hydrogen-bond donors (Lipinski definition) is 5. The van der Waals surface area contributed by atoms with Crippen LogP contribution in [0.25, 0.3) is 10.9 Å². The van der Waals surface area contributed by atoms with Crippen LogP contribution in [0.5, 0.6) is 0 Å². The van der Waals surface area contributed by atoms with E-state index in [9.17, 15) is 9.59 Å². The first kappa shape index (κ1) is 16.4. The van der Waals surface area contributed by atoms with Crippen LogP contribution in [0.1, 0.15) is 10.4 Å². The molecule has 0 atom stereocenters. The Kier molecular flexibility index (Phi) is 4.57. The number of pyridine rings is 1. The van der Waals surface area contributed by atoms with Crippen molar-refractivity contribution < 1.29 is 4.79 Å². The Morgan fingerprint density at radius 1 is 1.24 bits per heavy atom. The fraction of sp³-hybridized carbons (Fsp3) is 0.125. The van der Waals surface area contributed by atoms with E-state index >= 15 is 0 Å². The first-order valence-corrected chi connectivity index (χ1v) is 7.58. The highest BCUT2D eigenvalue weighted by atomic mass is 16.1. The molecule has 3 rings (SSSR count). The van der Waals surface area contributed by atoms with Gasteiger partial charge in [0.15, 0.2) is 0 Å². The maximum Gasteiger partial charge on any atom is 0.262 e. The number of fused-ring (bicyclic) bond motifs is 1. The van der Waals surface area contributed by atoms with E-state index in [2.05, 4.69) is 25.6 Å². The molecule has 0 saturated carbocycles. The lowest BCUT2D eigenvalue weighted by Gasteiger charge is -2.11. The first-order chi connectivity index (χ1) is 12.1. The van der Waals surface area contributed by atoms with E-state index in [0.29, 0.717) is 46.9 Å². The highest BCUT2D eigenvalue weighted by molar-refractivity contribution is 5.94. The van der Waals surface area contributed by atoms with Crippen LogP contribution < -0.4 is 27.7 Å². The van der Waals surface area contributed by atoms with Gasteiger partial charge in [-0.3, -0.25) is 9.59 Å². The van der Waals surface area contributed by atoms with Gasteiger partial charge in [-0.25, -0.2) is 9.97 Å². The molecule has 0 radical (unpaired) electrons. The number of carbonyl (C=O) groups is 1. The van der Waals surface area contributed by atoms with Gasteiger partial charge in [0, 0.05) is 30.4 Å². The summed E-state index contributed by atoms with van der Waals surface area (Å²) < 4.78 is 0. The number of nitrogens with two attached hydrogens (primary N) is 2. The molecule has 9 heteroatoms. The number of aromatic nitrogens is 3. The molecule has 0 spiro atoms. The van der Waals surface area contributed by atoms with Crippen LogP contribution >= 0.6 is 0 Å². The second-order valence-electron chi connectivity index (χ2n) is 5.26. The molecule has 2 heterocycles. The summed E-state index contributed by atoms with van der Waals surface area (Å²) in [5, 5.41) is 6.48. The molecule has 1 aromatic carbocycles. The third-order valence-corrected chi connectivity index (χ3v) is 3.51. The van der Waals surface area contributed by atoms with Crippen molar-refractivity contribution in [3.63, 3.8) is 0 Å². The molecule has 25 heavy (non-hydrogen) atoms. The maximum atomic E-state index is 12.2. The number of nitrogens with one attached hydrogen (secondary N) is 3. The average Bonchev–Trinajstić information content (AvgIpc) is 2.60. The van der Waals surface area contributed by atoms with Crippen molar-refractivity contribution in [1.82, 2.24) is 15.0 Å². The standard InChI is InChI=1S/C16H17N7O2/c17-5-6-19-12-7-11-13(16(25)21-8-20-11)15(23-12)22-10-3-1-9(2-4-10)14(18)24/h1-4,7-8H,5-6,17H2,(H2,18,24)(H2,19,22,23)(H,20,21,25). The fourth-order valence-corrected chi connectivity index (χ4v) is 2.33. The SMILES string of the molecule is NCCNc1cc2nc[nH]c(=O)c2c(Nc2ccc(C(N)=O)cc2)n1. The highest BCUT2D eigenvalue weighted by Gasteiger charge is 2.11. The molecule has 128 valence electrons. The summed E-state index contributed by atoms with van der Waals surface area (Å²) in [5.41, 5.74) is 12.0. The second-order valence-corrected chi connectivity index (χ2v) is 5.26. The molecular weight excluding hydrogens is 322 g/mol. The number of aromatic amines is 1. The molecular formula is C16H17N7O2. The average molecular weight is 339 g/mol. The summed E-state index contributed by atoms with van der Waals surface area (Å²) in [4.78, 5) is 34.5. The number of benzene rings is 1.